The topological polar surface area (TPSA) is 81.6 Å². The van der Waals surface area contributed by atoms with Crippen molar-refractivity contribution < 1.29 is 4.39 Å². The number of aromatic nitrogens is 4. The first kappa shape index (κ1) is 13.0. The lowest BCUT2D eigenvalue weighted by Crippen LogP contribution is -2.33. The van der Waals surface area contributed by atoms with E-state index in [2.05, 4.69) is 20.8 Å². The molecule has 1 heterocycles. The van der Waals surface area contributed by atoms with Gasteiger partial charge in [0.05, 0.1) is 11.4 Å². The van der Waals surface area contributed by atoms with Gasteiger partial charge in [0.15, 0.2) is 0 Å². The van der Waals surface area contributed by atoms with E-state index in [9.17, 15) is 4.39 Å². The summed E-state index contributed by atoms with van der Waals surface area (Å²) in [6, 6.07) is 5.35. The van der Waals surface area contributed by atoms with Crippen LogP contribution < -0.4 is 11.1 Å². The normalized spacial score (nSPS) is 22.7. The van der Waals surface area contributed by atoms with Crippen LogP contribution in [0.5, 0.6) is 0 Å². The Bertz CT molecular complexity index is 562. The van der Waals surface area contributed by atoms with Crippen LogP contribution in [0, 0.1) is 5.82 Å². The number of hydrogen-bond donors (Lipinski definition) is 2. The third kappa shape index (κ3) is 2.77. The molecule has 20 heavy (non-hydrogen) atoms. The number of benzene rings is 1. The molecule has 1 aliphatic carbocycles. The number of rotatable bonds is 3. The van der Waals surface area contributed by atoms with Crippen molar-refractivity contribution in [3.8, 4) is 5.69 Å². The van der Waals surface area contributed by atoms with Gasteiger partial charge in [-0.2, -0.15) is 0 Å². The van der Waals surface area contributed by atoms with Gasteiger partial charge in [-0.25, -0.2) is 9.07 Å². The second kappa shape index (κ2) is 5.54. The molecule has 0 radical (unpaired) electrons. The van der Waals surface area contributed by atoms with E-state index in [1.54, 1.807) is 12.1 Å². The van der Waals surface area contributed by atoms with Crippen molar-refractivity contribution in [3.05, 3.63) is 30.3 Å². The van der Waals surface area contributed by atoms with Gasteiger partial charge >= 0.3 is 0 Å². The average Bonchev–Trinajstić information content (AvgIpc) is 2.98. The van der Waals surface area contributed by atoms with E-state index >= 15 is 0 Å². The van der Waals surface area contributed by atoms with Crippen molar-refractivity contribution >= 4 is 5.69 Å². The van der Waals surface area contributed by atoms with Crippen LogP contribution in [0.2, 0.25) is 0 Å². The molecular weight excluding hydrogens is 259 g/mol. The molecule has 106 valence electrons. The lowest BCUT2D eigenvalue weighted by Gasteiger charge is -2.27. The van der Waals surface area contributed by atoms with Crippen molar-refractivity contribution in [3.63, 3.8) is 0 Å². The van der Waals surface area contributed by atoms with Gasteiger partial charge in [0.1, 0.15) is 12.1 Å². The van der Waals surface area contributed by atoms with Gasteiger partial charge in [-0.15, -0.1) is 5.10 Å². The second-order valence-electron chi connectivity index (χ2n) is 5.17. The molecule has 3 rings (SSSR count). The quantitative estimate of drug-likeness (QED) is 0.887. The minimum atomic E-state index is -0.267. The predicted molar refractivity (Wildman–Crippen MR) is 73.0 cm³/mol. The number of halogens is 1. The molecule has 1 aliphatic rings. The molecule has 1 aromatic carbocycles. The number of tetrazole rings is 1. The fraction of sp³-hybridized carbons (Fsp3) is 0.462. The third-order valence-corrected chi connectivity index (χ3v) is 3.69. The summed E-state index contributed by atoms with van der Waals surface area (Å²) in [5.41, 5.74) is 7.09. The number of nitrogens with one attached hydrogen (secondary N) is 1. The van der Waals surface area contributed by atoms with Gasteiger partial charge in [0.25, 0.3) is 0 Å². The molecule has 3 N–H and O–H groups in total. The summed E-state index contributed by atoms with van der Waals surface area (Å²) in [6.45, 7) is 0. The summed E-state index contributed by atoms with van der Waals surface area (Å²) >= 11 is 0. The first-order valence-electron chi connectivity index (χ1n) is 6.77. The van der Waals surface area contributed by atoms with Crippen molar-refractivity contribution in [2.24, 2.45) is 5.73 Å². The zero-order valence-electron chi connectivity index (χ0n) is 11.0. The summed E-state index contributed by atoms with van der Waals surface area (Å²) in [5.74, 6) is -0.267. The fourth-order valence-electron chi connectivity index (χ4n) is 2.53. The zero-order valence-corrected chi connectivity index (χ0v) is 11.0. The standard InChI is InChI=1S/C13H17FN6/c14-12-6-5-11(20-8-16-18-19-20)7-13(12)17-10-3-1-9(15)2-4-10/h5-10,17H,1-4,15H2. The van der Waals surface area contributed by atoms with Crippen LogP contribution in [0.25, 0.3) is 5.69 Å². The zero-order chi connectivity index (χ0) is 13.9. The molecule has 0 unspecified atom stereocenters. The van der Waals surface area contributed by atoms with Gasteiger partial charge in [-0.3, -0.25) is 0 Å². The van der Waals surface area contributed by atoms with E-state index in [-0.39, 0.29) is 17.9 Å². The van der Waals surface area contributed by atoms with Gasteiger partial charge < -0.3 is 11.1 Å². The minimum Gasteiger partial charge on any atom is -0.380 e. The molecule has 1 saturated carbocycles. The largest absolute Gasteiger partial charge is 0.380 e. The monoisotopic (exact) mass is 276 g/mol. The van der Waals surface area contributed by atoms with Gasteiger partial charge in [0, 0.05) is 12.1 Å². The van der Waals surface area contributed by atoms with Crippen LogP contribution in [-0.2, 0) is 0 Å². The van der Waals surface area contributed by atoms with Crippen LogP contribution in [-0.4, -0.2) is 32.3 Å². The highest BCUT2D eigenvalue weighted by Gasteiger charge is 2.19. The molecule has 1 aromatic heterocycles. The molecule has 0 amide bonds. The predicted octanol–water partition coefficient (Wildman–Crippen LogP) is 1.48. The lowest BCUT2D eigenvalue weighted by atomic mass is 9.91. The summed E-state index contributed by atoms with van der Waals surface area (Å²) in [6.07, 6.45) is 5.38. The van der Waals surface area contributed by atoms with Gasteiger partial charge in [-0.05, 0) is 54.3 Å². The second-order valence-corrected chi connectivity index (χ2v) is 5.17. The lowest BCUT2D eigenvalue weighted by molar-refractivity contribution is 0.410. The summed E-state index contributed by atoms with van der Waals surface area (Å²) in [7, 11) is 0. The Balaban J connectivity index is 1.77. The fourth-order valence-corrected chi connectivity index (χ4v) is 2.53. The Hall–Kier alpha value is -2.02. The number of nitrogens with two attached hydrogens (primary N) is 1. The molecule has 7 heteroatoms. The summed E-state index contributed by atoms with van der Waals surface area (Å²) in [4.78, 5) is 0. The van der Waals surface area contributed by atoms with Crippen LogP contribution in [0.1, 0.15) is 25.7 Å². The summed E-state index contributed by atoms with van der Waals surface area (Å²) in [5, 5.41) is 14.2. The maximum atomic E-state index is 13.9. The summed E-state index contributed by atoms with van der Waals surface area (Å²) < 4.78 is 15.4. The van der Waals surface area contributed by atoms with Crippen LogP contribution in [0.15, 0.2) is 24.5 Å². The number of anilines is 1. The molecule has 2 aromatic rings. The van der Waals surface area contributed by atoms with E-state index in [0.717, 1.165) is 31.4 Å². The van der Waals surface area contributed by atoms with Crippen molar-refractivity contribution in [2.75, 3.05) is 5.32 Å². The van der Waals surface area contributed by atoms with E-state index in [0.29, 0.717) is 5.69 Å². The number of hydrogen-bond acceptors (Lipinski definition) is 5. The van der Waals surface area contributed by atoms with Crippen LogP contribution in [0.3, 0.4) is 0 Å². The highest BCUT2D eigenvalue weighted by atomic mass is 19.1. The molecule has 0 aliphatic heterocycles. The maximum Gasteiger partial charge on any atom is 0.146 e. The maximum absolute atomic E-state index is 13.9. The minimum absolute atomic E-state index is 0.267. The first-order valence-corrected chi connectivity index (χ1v) is 6.77. The van der Waals surface area contributed by atoms with Gasteiger partial charge in [-0.1, -0.05) is 0 Å². The van der Waals surface area contributed by atoms with E-state index in [1.165, 1.54) is 17.1 Å². The Morgan fingerprint density at radius 3 is 2.75 bits per heavy atom. The Morgan fingerprint density at radius 1 is 1.25 bits per heavy atom. The van der Waals surface area contributed by atoms with Crippen molar-refractivity contribution in [1.29, 1.82) is 0 Å². The third-order valence-electron chi connectivity index (χ3n) is 3.69. The Labute approximate surface area is 116 Å². The molecule has 0 saturated heterocycles. The SMILES string of the molecule is NC1CCC(Nc2cc(-n3cnnn3)ccc2F)CC1. The van der Waals surface area contributed by atoms with E-state index < -0.39 is 0 Å². The Morgan fingerprint density at radius 2 is 2.05 bits per heavy atom. The molecule has 0 spiro atoms. The molecule has 0 bridgehead atoms. The van der Waals surface area contributed by atoms with Crippen molar-refractivity contribution in [2.45, 2.75) is 37.8 Å². The highest BCUT2D eigenvalue weighted by molar-refractivity contribution is 5.52. The average molecular weight is 276 g/mol. The first-order chi connectivity index (χ1) is 9.72. The molecular formula is C13H17FN6. The molecule has 1 fully saturated rings. The Kier molecular flexibility index (Phi) is 3.60. The highest BCUT2D eigenvalue weighted by Crippen LogP contribution is 2.24. The molecule has 6 nitrogen and oxygen atoms in total. The van der Waals surface area contributed by atoms with E-state index in [1.807, 2.05) is 0 Å². The van der Waals surface area contributed by atoms with Crippen LogP contribution >= 0.6 is 0 Å². The van der Waals surface area contributed by atoms with Gasteiger partial charge in [0.2, 0.25) is 0 Å². The van der Waals surface area contributed by atoms with Crippen LogP contribution in [0.4, 0.5) is 10.1 Å². The van der Waals surface area contributed by atoms with Crippen molar-refractivity contribution in [1.82, 2.24) is 20.2 Å². The number of nitrogens with zero attached hydrogens (tertiary/aromatic N) is 4. The molecule has 0 atom stereocenters. The smallest absolute Gasteiger partial charge is 0.146 e. The van der Waals surface area contributed by atoms with E-state index in [4.69, 9.17) is 5.73 Å².